The monoisotopic (exact) mass is 262 g/mol. The van der Waals surface area contributed by atoms with E-state index in [-0.39, 0.29) is 0 Å². The van der Waals surface area contributed by atoms with E-state index in [1.165, 1.54) is 5.56 Å². The molecule has 0 aliphatic carbocycles. The van der Waals surface area contributed by atoms with Gasteiger partial charge < -0.3 is 10.2 Å². The lowest BCUT2D eigenvalue weighted by Crippen LogP contribution is -2.41. The summed E-state index contributed by atoms with van der Waals surface area (Å²) in [6.45, 7) is 11.3. The second kappa shape index (κ2) is 8.34. The van der Waals surface area contributed by atoms with Gasteiger partial charge in [0.25, 0.3) is 0 Å². The third-order valence-electron chi connectivity index (χ3n) is 3.96. The molecule has 19 heavy (non-hydrogen) atoms. The minimum Gasteiger partial charge on any atom is -0.314 e. The average Bonchev–Trinajstić information content (AvgIpc) is 2.42. The van der Waals surface area contributed by atoms with E-state index in [0.717, 1.165) is 19.5 Å². The van der Waals surface area contributed by atoms with E-state index in [1.807, 2.05) is 0 Å². The van der Waals surface area contributed by atoms with Gasteiger partial charge >= 0.3 is 0 Å². The summed E-state index contributed by atoms with van der Waals surface area (Å²) in [5, 5.41) is 3.53. The summed E-state index contributed by atoms with van der Waals surface area (Å²) in [5.74, 6) is 0.670. The molecule has 1 N–H and O–H groups in total. The molecule has 0 aliphatic heterocycles. The van der Waals surface area contributed by atoms with Crippen LogP contribution in [0.1, 0.15) is 33.3 Å². The van der Waals surface area contributed by atoms with Gasteiger partial charge in [-0.05, 0) is 38.4 Å². The first kappa shape index (κ1) is 16.2. The lowest BCUT2D eigenvalue weighted by atomic mass is 10.0. The SMILES string of the molecule is CC(C)NCC(C)C(C)N(C)CCc1ccccc1. The minimum atomic E-state index is 0.573. The first-order valence-electron chi connectivity index (χ1n) is 7.48. The summed E-state index contributed by atoms with van der Waals surface area (Å²) in [7, 11) is 2.24. The van der Waals surface area contributed by atoms with Crippen LogP contribution in [0.4, 0.5) is 0 Å². The van der Waals surface area contributed by atoms with Crippen molar-refractivity contribution in [1.29, 1.82) is 0 Å². The van der Waals surface area contributed by atoms with Crippen LogP contribution in [0.15, 0.2) is 30.3 Å². The molecule has 108 valence electrons. The molecule has 0 spiro atoms. The largest absolute Gasteiger partial charge is 0.314 e. The Hall–Kier alpha value is -0.860. The van der Waals surface area contributed by atoms with Crippen LogP contribution in [-0.2, 0) is 6.42 Å². The van der Waals surface area contributed by atoms with Crippen LogP contribution in [0.3, 0.4) is 0 Å². The predicted octanol–water partition coefficient (Wildman–Crippen LogP) is 3.18. The molecule has 2 atom stereocenters. The molecule has 2 unspecified atom stereocenters. The number of hydrogen-bond donors (Lipinski definition) is 1. The molecule has 0 aliphatic rings. The zero-order valence-electron chi connectivity index (χ0n) is 13.2. The van der Waals surface area contributed by atoms with Gasteiger partial charge in [-0.25, -0.2) is 0 Å². The van der Waals surface area contributed by atoms with Crippen molar-refractivity contribution in [2.24, 2.45) is 5.92 Å². The summed E-state index contributed by atoms with van der Waals surface area (Å²) in [5.41, 5.74) is 1.43. The van der Waals surface area contributed by atoms with E-state index in [9.17, 15) is 0 Å². The number of nitrogens with one attached hydrogen (secondary N) is 1. The molecule has 0 saturated carbocycles. The van der Waals surface area contributed by atoms with Crippen LogP contribution in [-0.4, -0.2) is 37.1 Å². The number of hydrogen-bond acceptors (Lipinski definition) is 2. The van der Waals surface area contributed by atoms with E-state index >= 15 is 0 Å². The molecule has 0 radical (unpaired) electrons. The molecule has 0 amide bonds. The molecular weight excluding hydrogens is 232 g/mol. The number of rotatable bonds is 8. The van der Waals surface area contributed by atoms with Crippen molar-refractivity contribution in [1.82, 2.24) is 10.2 Å². The summed E-state index contributed by atoms with van der Waals surface area (Å²) in [6.07, 6.45) is 1.13. The first-order chi connectivity index (χ1) is 9.00. The highest BCUT2D eigenvalue weighted by molar-refractivity contribution is 5.14. The molecule has 0 aromatic heterocycles. The quantitative estimate of drug-likeness (QED) is 0.774. The zero-order valence-corrected chi connectivity index (χ0v) is 13.2. The summed E-state index contributed by atoms with van der Waals surface area (Å²) < 4.78 is 0. The third kappa shape index (κ3) is 6.22. The van der Waals surface area contributed by atoms with Crippen molar-refractivity contribution < 1.29 is 0 Å². The highest BCUT2D eigenvalue weighted by Crippen LogP contribution is 2.10. The van der Waals surface area contributed by atoms with Gasteiger partial charge in [-0.1, -0.05) is 51.1 Å². The van der Waals surface area contributed by atoms with Gasteiger partial charge in [0.15, 0.2) is 0 Å². The Morgan fingerprint density at radius 3 is 2.26 bits per heavy atom. The molecule has 2 heteroatoms. The van der Waals surface area contributed by atoms with Crippen molar-refractivity contribution in [3.05, 3.63) is 35.9 Å². The van der Waals surface area contributed by atoms with Gasteiger partial charge in [0.2, 0.25) is 0 Å². The van der Waals surface area contributed by atoms with Crippen molar-refractivity contribution >= 4 is 0 Å². The van der Waals surface area contributed by atoms with Gasteiger partial charge in [-0.2, -0.15) is 0 Å². The van der Waals surface area contributed by atoms with Gasteiger partial charge in [-0.15, -0.1) is 0 Å². The Morgan fingerprint density at radius 1 is 1.05 bits per heavy atom. The Labute approximate surface area is 119 Å². The average molecular weight is 262 g/mol. The Bertz CT molecular complexity index is 334. The number of likely N-dealkylation sites (N-methyl/N-ethyl adjacent to an activating group) is 1. The van der Waals surface area contributed by atoms with Crippen LogP contribution in [0.5, 0.6) is 0 Å². The third-order valence-corrected chi connectivity index (χ3v) is 3.96. The van der Waals surface area contributed by atoms with Crippen LogP contribution >= 0.6 is 0 Å². The molecule has 0 heterocycles. The van der Waals surface area contributed by atoms with E-state index in [4.69, 9.17) is 0 Å². The lowest BCUT2D eigenvalue weighted by Gasteiger charge is -2.30. The molecule has 2 nitrogen and oxygen atoms in total. The van der Waals surface area contributed by atoms with Gasteiger partial charge in [0, 0.05) is 18.6 Å². The number of nitrogens with zero attached hydrogens (tertiary/aromatic N) is 1. The fourth-order valence-electron chi connectivity index (χ4n) is 2.18. The minimum absolute atomic E-state index is 0.573. The van der Waals surface area contributed by atoms with Crippen LogP contribution in [0.25, 0.3) is 0 Å². The Morgan fingerprint density at radius 2 is 1.68 bits per heavy atom. The van der Waals surface area contributed by atoms with Crippen molar-refractivity contribution in [2.45, 2.75) is 46.2 Å². The van der Waals surface area contributed by atoms with E-state index in [2.05, 4.69) is 75.3 Å². The standard InChI is InChI=1S/C17H30N2/c1-14(2)18-13-15(3)16(4)19(5)12-11-17-9-7-6-8-10-17/h6-10,14-16,18H,11-13H2,1-5H3. The smallest absolute Gasteiger partial charge is 0.0102 e. The maximum atomic E-state index is 3.53. The number of benzene rings is 1. The van der Waals surface area contributed by atoms with Crippen molar-refractivity contribution in [3.63, 3.8) is 0 Å². The molecular formula is C17H30N2. The fraction of sp³-hybridized carbons (Fsp3) is 0.647. The topological polar surface area (TPSA) is 15.3 Å². The molecule has 0 bridgehead atoms. The molecule has 0 fully saturated rings. The summed E-state index contributed by atoms with van der Waals surface area (Å²) in [4.78, 5) is 2.47. The highest BCUT2D eigenvalue weighted by atomic mass is 15.1. The second-order valence-corrected chi connectivity index (χ2v) is 6.00. The van der Waals surface area contributed by atoms with E-state index < -0.39 is 0 Å². The molecule has 0 saturated heterocycles. The van der Waals surface area contributed by atoms with Gasteiger partial charge in [0.1, 0.15) is 0 Å². The zero-order chi connectivity index (χ0) is 14.3. The maximum Gasteiger partial charge on any atom is 0.0102 e. The summed E-state index contributed by atoms with van der Waals surface area (Å²) >= 11 is 0. The maximum absolute atomic E-state index is 3.53. The van der Waals surface area contributed by atoms with Crippen molar-refractivity contribution in [3.8, 4) is 0 Å². The first-order valence-corrected chi connectivity index (χ1v) is 7.48. The van der Waals surface area contributed by atoms with Crippen molar-refractivity contribution in [2.75, 3.05) is 20.1 Å². The second-order valence-electron chi connectivity index (χ2n) is 6.00. The van der Waals surface area contributed by atoms with E-state index in [0.29, 0.717) is 18.0 Å². The molecule has 1 aromatic carbocycles. The molecule has 1 rings (SSSR count). The Balaban J connectivity index is 2.33. The normalized spacial score (nSPS) is 14.9. The van der Waals surface area contributed by atoms with Gasteiger partial charge in [-0.3, -0.25) is 0 Å². The van der Waals surface area contributed by atoms with Crippen LogP contribution < -0.4 is 5.32 Å². The lowest BCUT2D eigenvalue weighted by molar-refractivity contribution is 0.196. The van der Waals surface area contributed by atoms with Gasteiger partial charge in [0.05, 0.1) is 0 Å². The molecule has 1 aromatic rings. The predicted molar refractivity (Wildman–Crippen MR) is 84.5 cm³/mol. The Kier molecular flexibility index (Phi) is 7.11. The van der Waals surface area contributed by atoms with Crippen LogP contribution in [0, 0.1) is 5.92 Å². The highest BCUT2D eigenvalue weighted by Gasteiger charge is 2.16. The van der Waals surface area contributed by atoms with Crippen LogP contribution in [0.2, 0.25) is 0 Å². The fourth-order valence-corrected chi connectivity index (χ4v) is 2.18. The summed E-state index contributed by atoms with van der Waals surface area (Å²) in [6, 6.07) is 11.9. The van der Waals surface area contributed by atoms with E-state index in [1.54, 1.807) is 0 Å².